The third-order valence-corrected chi connectivity index (χ3v) is 3.24. The van der Waals surface area contributed by atoms with E-state index in [0.29, 0.717) is 18.1 Å². The summed E-state index contributed by atoms with van der Waals surface area (Å²) in [7, 11) is 0. The van der Waals surface area contributed by atoms with E-state index in [4.69, 9.17) is 21.1 Å². The van der Waals surface area contributed by atoms with E-state index in [1.165, 1.54) is 6.07 Å². The molecule has 0 unspecified atom stereocenters. The summed E-state index contributed by atoms with van der Waals surface area (Å²) < 4.78 is 48.8. The molecule has 0 atom stereocenters. The molecule has 0 aliphatic carbocycles. The number of benzene rings is 2. The highest BCUT2D eigenvalue weighted by Gasteiger charge is 2.31. The molecule has 2 aromatic rings. The molecule has 0 bridgehead atoms. The van der Waals surface area contributed by atoms with Crippen molar-refractivity contribution in [3.63, 3.8) is 0 Å². The van der Waals surface area contributed by atoms with Crippen molar-refractivity contribution < 1.29 is 22.6 Å². The molecule has 0 fully saturated rings. The number of rotatable bonds is 4. The third-order valence-electron chi connectivity index (χ3n) is 2.95. The number of alkyl halides is 3. The van der Waals surface area contributed by atoms with Crippen molar-refractivity contribution in [1.29, 1.82) is 0 Å². The average Bonchev–Trinajstić information content (AvgIpc) is 2.44. The molecule has 0 saturated heterocycles. The van der Waals surface area contributed by atoms with Gasteiger partial charge in [-0.05, 0) is 43.7 Å². The maximum Gasteiger partial charge on any atom is 0.416 e. The summed E-state index contributed by atoms with van der Waals surface area (Å²) in [4.78, 5) is 0. The summed E-state index contributed by atoms with van der Waals surface area (Å²) in [6, 6.07) is 8.15. The lowest BCUT2D eigenvalue weighted by atomic mass is 10.2. The van der Waals surface area contributed by atoms with Crippen molar-refractivity contribution in [3.05, 3.63) is 52.5 Å². The lowest BCUT2D eigenvalue weighted by Gasteiger charge is -2.13. The summed E-state index contributed by atoms with van der Waals surface area (Å²) in [5.41, 5.74) is 0.122. The Bertz CT molecular complexity index is 669. The average molecular weight is 331 g/mol. The molecule has 0 spiro atoms. The van der Waals surface area contributed by atoms with Crippen LogP contribution >= 0.6 is 11.6 Å². The summed E-state index contributed by atoms with van der Waals surface area (Å²) >= 11 is 5.86. The molecule has 2 rings (SSSR count). The molecule has 118 valence electrons. The van der Waals surface area contributed by atoms with E-state index in [9.17, 15) is 13.2 Å². The van der Waals surface area contributed by atoms with E-state index in [0.717, 1.165) is 17.7 Å². The van der Waals surface area contributed by atoms with Crippen LogP contribution < -0.4 is 9.47 Å². The predicted octanol–water partition coefficient (Wildman–Crippen LogP) is 5.86. The molecule has 0 saturated carbocycles. The minimum atomic E-state index is -4.44. The normalized spacial score (nSPS) is 11.4. The molecular formula is C16H14ClF3O2. The SMILES string of the molecule is CCOc1cc(Oc2ccc(C(F)(F)F)cc2Cl)ccc1C. The number of aryl methyl sites for hydroxylation is 1. The zero-order valence-electron chi connectivity index (χ0n) is 12.0. The second-order valence-electron chi connectivity index (χ2n) is 4.61. The number of hydrogen-bond acceptors (Lipinski definition) is 2. The van der Waals surface area contributed by atoms with Crippen molar-refractivity contribution in [2.45, 2.75) is 20.0 Å². The summed E-state index contributed by atoms with van der Waals surface area (Å²) in [6.07, 6.45) is -4.44. The van der Waals surface area contributed by atoms with Gasteiger partial charge in [-0.15, -0.1) is 0 Å². The van der Waals surface area contributed by atoms with Crippen LogP contribution in [-0.2, 0) is 6.18 Å². The van der Waals surface area contributed by atoms with Gasteiger partial charge in [0.25, 0.3) is 0 Å². The van der Waals surface area contributed by atoms with Crippen LogP contribution in [0.15, 0.2) is 36.4 Å². The number of hydrogen-bond donors (Lipinski definition) is 0. The van der Waals surface area contributed by atoms with Gasteiger partial charge >= 0.3 is 6.18 Å². The van der Waals surface area contributed by atoms with E-state index in [-0.39, 0.29) is 10.8 Å². The minimum Gasteiger partial charge on any atom is -0.493 e. The van der Waals surface area contributed by atoms with E-state index in [2.05, 4.69) is 0 Å². The van der Waals surface area contributed by atoms with Gasteiger partial charge in [-0.1, -0.05) is 17.7 Å². The molecule has 0 amide bonds. The second kappa shape index (κ2) is 6.48. The van der Waals surface area contributed by atoms with E-state index >= 15 is 0 Å². The second-order valence-corrected chi connectivity index (χ2v) is 5.01. The summed E-state index contributed by atoms with van der Waals surface area (Å²) in [6.45, 7) is 4.25. The Labute approximate surface area is 131 Å². The summed E-state index contributed by atoms with van der Waals surface area (Å²) in [5, 5.41) is -0.103. The van der Waals surface area contributed by atoms with Crippen LogP contribution in [0.25, 0.3) is 0 Å². The van der Waals surface area contributed by atoms with Gasteiger partial charge in [0.15, 0.2) is 0 Å². The zero-order chi connectivity index (χ0) is 16.3. The van der Waals surface area contributed by atoms with Gasteiger partial charge in [-0.2, -0.15) is 13.2 Å². The Morgan fingerprint density at radius 1 is 1.05 bits per heavy atom. The first kappa shape index (κ1) is 16.5. The van der Waals surface area contributed by atoms with Crippen LogP contribution in [0.5, 0.6) is 17.2 Å². The molecule has 22 heavy (non-hydrogen) atoms. The third kappa shape index (κ3) is 3.85. The fraction of sp³-hybridized carbons (Fsp3) is 0.250. The van der Waals surface area contributed by atoms with Gasteiger partial charge in [0.2, 0.25) is 0 Å². The minimum absolute atomic E-state index is 0.103. The van der Waals surface area contributed by atoms with Gasteiger partial charge in [0.1, 0.15) is 17.2 Å². The van der Waals surface area contributed by atoms with Crippen LogP contribution in [-0.4, -0.2) is 6.61 Å². The van der Waals surface area contributed by atoms with Crippen LogP contribution in [0.2, 0.25) is 5.02 Å². The fourth-order valence-corrected chi connectivity index (χ4v) is 2.06. The highest BCUT2D eigenvalue weighted by atomic mass is 35.5. The predicted molar refractivity (Wildman–Crippen MR) is 78.9 cm³/mol. The lowest BCUT2D eigenvalue weighted by Crippen LogP contribution is -2.04. The first-order chi connectivity index (χ1) is 10.3. The maximum atomic E-state index is 12.6. The Morgan fingerprint density at radius 3 is 2.36 bits per heavy atom. The highest BCUT2D eigenvalue weighted by molar-refractivity contribution is 6.32. The lowest BCUT2D eigenvalue weighted by molar-refractivity contribution is -0.137. The van der Waals surface area contributed by atoms with E-state index in [1.807, 2.05) is 13.8 Å². The Hall–Kier alpha value is -1.88. The maximum absolute atomic E-state index is 12.6. The molecular weight excluding hydrogens is 317 g/mol. The van der Waals surface area contributed by atoms with Crippen LogP contribution in [0, 0.1) is 6.92 Å². The molecule has 0 aromatic heterocycles. The Morgan fingerprint density at radius 2 is 1.77 bits per heavy atom. The molecule has 2 nitrogen and oxygen atoms in total. The van der Waals surface area contributed by atoms with Gasteiger partial charge < -0.3 is 9.47 Å². The standard InChI is InChI=1S/C16H14ClF3O2/c1-3-21-15-9-12(6-4-10(15)2)22-14-7-5-11(8-13(14)17)16(18,19)20/h4-9H,3H2,1-2H3. The molecule has 0 radical (unpaired) electrons. The van der Waals surface area contributed by atoms with Crippen molar-refractivity contribution >= 4 is 11.6 Å². The van der Waals surface area contributed by atoms with Gasteiger partial charge in [0.05, 0.1) is 17.2 Å². The molecule has 6 heteroatoms. The smallest absolute Gasteiger partial charge is 0.416 e. The first-order valence-corrected chi connectivity index (χ1v) is 6.97. The Kier molecular flexibility index (Phi) is 4.86. The largest absolute Gasteiger partial charge is 0.493 e. The summed E-state index contributed by atoms with van der Waals surface area (Å²) in [5.74, 6) is 1.25. The van der Waals surface area contributed by atoms with Crippen molar-refractivity contribution in [2.24, 2.45) is 0 Å². The van der Waals surface area contributed by atoms with Crippen molar-refractivity contribution in [3.8, 4) is 17.2 Å². The van der Waals surface area contributed by atoms with Gasteiger partial charge in [0, 0.05) is 6.07 Å². The first-order valence-electron chi connectivity index (χ1n) is 6.59. The van der Waals surface area contributed by atoms with E-state index in [1.54, 1.807) is 18.2 Å². The zero-order valence-corrected chi connectivity index (χ0v) is 12.8. The molecule has 0 aliphatic heterocycles. The van der Waals surface area contributed by atoms with Crippen molar-refractivity contribution in [2.75, 3.05) is 6.61 Å². The Balaban J connectivity index is 2.26. The fourth-order valence-electron chi connectivity index (χ4n) is 1.84. The van der Waals surface area contributed by atoms with Crippen LogP contribution in [0.4, 0.5) is 13.2 Å². The molecule has 0 heterocycles. The van der Waals surface area contributed by atoms with Crippen LogP contribution in [0.3, 0.4) is 0 Å². The molecule has 2 aromatic carbocycles. The molecule has 0 aliphatic rings. The van der Waals surface area contributed by atoms with Gasteiger partial charge in [-0.25, -0.2) is 0 Å². The quantitative estimate of drug-likeness (QED) is 0.699. The van der Waals surface area contributed by atoms with E-state index < -0.39 is 11.7 Å². The molecule has 0 N–H and O–H groups in total. The number of halogens is 4. The highest BCUT2D eigenvalue weighted by Crippen LogP contribution is 2.37. The number of ether oxygens (including phenoxy) is 2. The topological polar surface area (TPSA) is 18.5 Å². The monoisotopic (exact) mass is 330 g/mol. The van der Waals surface area contributed by atoms with Crippen LogP contribution in [0.1, 0.15) is 18.1 Å². The van der Waals surface area contributed by atoms with Gasteiger partial charge in [-0.3, -0.25) is 0 Å². The van der Waals surface area contributed by atoms with Crippen molar-refractivity contribution in [1.82, 2.24) is 0 Å².